The second kappa shape index (κ2) is 9.59. The van der Waals surface area contributed by atoms with Gasteiger partial charge >= 0.3 is 5.97 Å². The molecule has 2 aromatic carbocycles. The van der Waals surface area contributed by atoms with E-state index < -0.39 is 56.7 Å². The first-order chi connectivity index (χ1) is 15.1. The second-order valence-corrected chi connectivity index (χ2v) is 9.13. The van der Waals surface area contributed by atoms with Crippen LogP contribution in [-0.4, -0.2) is 48.7 Å². The van der Waals surface area contributed by atoms with E-state index in [1.807, 2.05) is 0 Å². The molecule has 1 N–H and O–H groups in total. The van der Waals surface area contributed by atoms with Crippen LogP contribution in [0.4, 0.5) is 15.8 Å². The number of non-ortho nitro benzene ring substituents is 1. The number of esters is 1. The first kappa shape index (κ1) is 23.6. The summed E-state index contributed by atoms with van der Waals surface area (Å²) in [5.74, 6) is -2.79. The van der Waals surface area contributed by atoms with Crippen molar-refractivity contribution >= 4 is 44.9 Å². The Bertz CT molecular complexity index is 1160. The van der Waals surface area contributed by atoms with Crippen LogP contribution in [0.1, 0.15) is 12.8 Å². The van der Waals surface area contributed by atoms with Crippen molar-refractivity contribution in [2.45, 2.75) is 23.8 Å². The first-order valence-electron chi connectivity index (χ1n) is 9.27. The smallest absolute Gasteiger partial charge is 0.324 e. The maximum Gasteiger partial charge on any atom is 0.324 e. The van der Waals surface area contributed by atoms with E-state index in [-0.39, 0.29) is 17.9 Å². The number of rotatable bonds is 7. The van der Waals surface area contributed by atoms with Crippen molar-refractivity contribution in [2.75, 3.05) is 18.5 Å². The molecule has 10 nitrogen and oxygen atoms in total. The zero-order valence-corrected chi connectivity index (χ0v) is 17.9. The number of carbonyl (C=O) groups excluding carboxylic acids is 2. The highest BCUT2D eigenvalue weighted by molar-refractivity contribution is 7.89. The molecule has 0 unspecified atom stereocenters. The molecule has 2 aromatic rings. The fourth-order valence-corrected chi connectivity index (χ4v) is 4.92. The van der Waals surface area contributed by atoms with Gasteiger partial charge in [0.15, 0.2) is 6.61 Å². The number of nitro benzene ring substituents is 1. The molecular formula is C19H17ClFN3O7S. The highest BCUT2D eigenvalue weighted by Gasteiger charge is 2.40. The summed E-state index contributed by atoms with van der Waals surface area (Å²) in [6.07, 6.45) is 0.616. The molecule has 13 heteroatoms. The number of carbonyl (C=O) groups is 2. The predicted octanol–water partition coefficient (Wildman–Crippen LogP) is 2.72. The summed E-state index contributed by atoms with van der Waals surface area (Å²) in [6.45, 7) is -0.734. The number of halogens is 2. The Kier molecular flexibility index (Phi) is 7.06. The maximum atomic E-state index is 13.8. The fraction of sp³-hybridized carbons (Fsp3) is 0.263. The Hall–Kier alpha value is -3.09. The van der Waals surface area contributed by atoms with Crippen molar-refractivity contribution in [2.24, 2.45) is 0 Å². The average Bonchev–Trinajstić information content (AvgIpc) is 3.25. The van der Waals surface area contributed by atoms with Crippen LogP contribution in [0.15, 0.2) is 47.4 Å². The van der Waals surface area contributed by atoms with E-state index in [2.05, 4.69) is 5.32 Å². The molecule has 1 aliphatic rings. The van der Waals surface area contributed by atoms with Gasteiger partial charge in [-0.3, -0.25) is 19.7 Å². The monoisotopic (exact) mass is 485 g/mol. The van der Waals surface area contributed by atoms with Gasteiger partial charge in [0, 0.05) is 23.7 Å². The van der Waals surface area contributed by atoms with Gasteiger partial charge in [0.1, 0.15) is 11.9 Å². The minimum Gasteiger partial charge on any atom is -0.454 e. The topological polar surface area (TPSA) is 136 Å². The minimum atomic E-state index is -4.00. The van der Waals surface area contributed by atoms with Crippen molar-refractivity contribution in [1.82, 2.24) is 4.31 Å². The van der Waals surface area contributed by atoms with Crippen LogP contribution in [0, 0.1) is 15.9 Å². The lowest BCUT2D eigenvalue weighted by Gasteiger charge is -2.22. The number of benzene rings is 2. The lowest BCUT2D eigenvalue weighted by atomic mass is 10.2. The molecular weight excluding hydrogens is 469 g/mol. The van der Waals surface area contributed by atoms with Gasteiger partial charge in [-0.15, -0.1) is 0 Å². The molecule has 0 aliphatic carbocycles. The van der Waals surface area contributed by atoms with Crippen molar-refractivity contribution in [3.05, 3.63) is 63.4 Å². The quantitative estimate of drug-likeness (QED) is 0.361. The zero-order valence-electron chi connectivity index (χ0n) is 16.4. The Labute approximate surface area is 187 Å². The maximum absolute atomic E-state index is 13.8. The fourth-order valence-electron chi connectivity index (χ4n) is 3.15. The van der Waals surface area contributed by atoms with Gasteiger partial charge in [0.05, 0.1) is 15.5 Å². The molecule has 1 fully saturated rings. The number of nitro groups is 1. The van der Waals surface area contributed by atoms with Crippen molar-refractivity contribution in [3.63, 3.8) is 0 Å². The molecule has 1 saturated heterocycles. The third-order valence-corrected chi connectivity index (χ3v) is 6.85. The van der Waals surface area contributed by atoms with E-state index in [0.29, 0.717) is 11.4 Å². The van der Waals surface area contributed by atoms with Gasteiger partial charge in [-0.2, -0.15) is 4.31 Å². The lowest BCUT2D eigenvalue weighted by molar-refractivity contribution is -0.384. The average molecular weight is 486 g/mol. The molecule has 1 atom stereocenters. The standard InChI is InChI=1S/C19H17ClFN3O7S/c20-12-3-6-14(7-4-12)32(29,30)23-9-1-2-17(23)19(26)31-11-18(25)22-16-10-13(24(27)28)5-8-15(16)21/h3-8,10,17H,1-2,9,11H2,(H,22,25)/t17-/m1/s1. The number of anilines is 1. The molecule has 1 aliphatic heterocycles. The number of hydrogen-bond acceptors (Lipinski definition) is 7. The number of hydrogen-bond donors (Lipinski definition) is 1. The highest BCUT2D eigenvalue weighted by Crippen LogP contribution is 2.27. The Balaban J connectivity index is 1.64. The Morgan fingerprint density at radius 1 is 1.25 bits per heavy atom. The van der Waals surface area contributed by atoms with E-state index >= 15 is 0 Å². The summed E-state index contributed by atoms with van der Waals surface area (Å²) in [5.41, 5.74) is -0.888. The van der Waals surface area contributed by atoms with Crippen LogP contribution in [-0.2, 0) is 24.3 Å². The van der Waals surface area contributed by atoms with E-state index in [0.717, 1.165) is 22.5 Å². The SMILES string of the molecule is O=C(COC(=O)[C@H]1CCCN1S(=O)(=O)c1ccc(Cl)cc1)Nc1cc([N+](=O)[O-])ccc1F. The third kappa shape index (κ3) is 5.21. The molecule has 0 radical (unpaired) electrons. The molecule has 0 saturated carbocycles. The summed E-state index contributed by atoms with van der Waals surface area (Å²) >= 11 is 5.79. The van der Waals surface area contributed by atoms with E-state index in [1.165, 1.54) is 24.3 Å². The van der Waals surface area contributed by atoms with Crippen molar-refractivity contribution in [1.29, 1.82) is 0 Å². The van der Waals surface area contributed by atoms with Gasteiger partial charge in [-0.05, 0) is 43.2 Å². The predicted molar refractivity (Wildman–Crippen MR) is 111 cm³/mol. The van der Waals surface area contributed by atoms with Crippen molar-refractivity contribution in [3.8, 4) is 0 Å². The number of amides is 1. The van der Waals surface area contributed by atoms with Gasteiger partial charge in [-0.1, -0.05) is 11.6 Å². The highest BCUT2D eigenvalue weighted by atomic mass is 35.5. The number of nitrogens with zero attached hydrogens (tertiary/aromatic N) is 2. The van der Waals surface area contributed by atoms with E-state index in [9.17, 15) is 32.5 Å². The van der Waals surface area contributed by atoms with Crippen LogP contribution >= 0.6 is 11.6 Å². The molecule has 0 bridgehead atoms. The minimum absolute atomic E-state index is 0.0412. The van der Waals surface area contributed by atoms with Crippen LogP contribution in [0.2, 0.25) is 5.02 Å². The summed E-state index contributed by atoms with van der Waals surface area (Å²) in [4.78, 5) is 34.5. The molecule has 1 heterocycles. The largest absolute Gasteiger partial charge is 0.454 e. The molecule has 0 spiro atoms. The van der Waals surface area contributed by atoms with Crippen LogP contribution < -0.4 is 5.32 Å². The molecule has 1 amide bonds. The summed E-state index contributed by atoms with van der Waals surface area (Å²) in [5, 5.41) is 13.2. The number of ether oxygens (including phenoxy) is 1. The zero-order chi connectivity index (χ0) is 23.5. The summed E-state index contributed by atoms with van der Waals surface area (Å²) in [7, 11) is -4.00. The van der Waals surface area contributed by atoms with Crippen molar-refractivity contribution < 1.29 is 32.1 Å². The van der Waals surface area contributed by atoms with Crippen LogP contribution in [0.3, 0.4) is 0 Å². The van der Waals surface area contributed by atoms with Gasteiger partial charge in [0.2, 0.25) is 10.0 Å². The van der Waals surface area contributed by atoms with Gasteiger partial charge in [0.25, 0.3) is 11.6 Å². The van der Waals surface area contributed by atoms with Gasteiger partial charge < -0.3 is 10.1 Å². The molecule has 3 rings (SSSR count). The van der Waals surface area contributed by atoms with E-state index in [1.54, 1.807) is 0 Å². The summed E-state index contributed by atoms with van der Waals surface area (Å²) < 4.78 is 45.4. The first-order valence-corrected chi connectivity index (χ1v) is 11.1. The van der Waals surface area contributed by atoms with E-state index in [4.69, 9.17) is 16.3 Å². The number of sulfonamides is 1. The third-order valence-electron chi connectivity index (χ3n) is 4.68. The van der Waals surface area contributed by atoms with Gasteiger partial charge in [-0.25, -0.2) is 12.8 Å². The molecule has 32 heavy (non-hydrogen) atoms. The Morgan fingerprint density at radius 2 is 1.94 bits per heavy atom. The van der Waals surface area contributed by atoms with Crippen LogP contribution in [0.25, 0.3) is 0 Å². The molecule has 170 valence electrons. The summed E-state index contributed by atoms with van der Waals surface area (Å²) in [6, 6.07) is 6.91. The molecule has 0 aromatic heterocycles. The second-order valence-electron chi connectivity index (χ2n) is 6.80. The lowest BCUT2D eigenvalue weighted by Crippen LogP contribution is -2.42. The normalized spacial score (nSPS) is 16.5. The van der Waals surface area contributed by atoms with Crippen LogP contribution in [0.5, 0.6) is 0 Å². The Morgan fingerprint density at radius 3 is 2.59 bits per heavy atom. The number of nitrogens with one attached hydrogen (secondary N) is 1.